The van der Waals surface area contributed by atoms with Crippen molar-refractivity contribution in [2.24, 2.45) is 0 Å². The third kappa shape index (κ3) is 4.05. The molecular weight excluding hydrogens is 236 g/mol. The normalized spacial score (nSPS) is 19.6. The molecule has 0 saturated carbocycles. The molecule has 1 fully saturated rings. The first-order chi connectivity index (χ1) is 9.35. The van der Waals surface area contributed by atoms with Crippen molar-refractivity contribution in [3.8, 4) is 0 Å². The van der Waals surface area contributed by atoms with E-state index in [0.717, 1.165) is 26.2 Å². The third-order valence-corrected chi connectivity index (χ3v) is 3.70. The van der Waals surface area contributed by atoms with Crippen LogP contribution in [0.1, 0.15) is 45.1 Å². The Bertz CT molecular complexity index is 461. The lowest BCUT2D eigenvalue weighted by Gasteiger charge is -2.22. The number of ether oxygens (including phenoxy) is 2. The Morgan fingerprint density at radius 3 is 2.53 bits per heavy atom. The molecule has 0 amide bonds. The smallest absolute Gasteiger partial charge is 0.0809 e. The highest BCUT2D eigenvalue weighted by molar-refractivity contribution is 5.33. The lowest BCUT2D eigenvalue weighted by molar-refractivity contribution is -0.0911. The second kappa shape index (κ2) is 7.66. The minimum atomic E-state index is 0.383. The van der Waals surface area contributed by atoms with Gasteiger partial charge < -0.3 is 9.47 Å². The molecule has 2 heteroatoms. The molecule has 1 heterocycles. The molecule has 2 nitrogen and oxygen atoms in total. The van der Waals surface area contributed by atoms with Crippen LogP contribution in [0.4, 0.5) is 0 Å². The van der Waals surface area contributed by atoms with Crippen LogP contribution < -0.4 is 0 Å². The topological polar surface area (TPSA) is 18.5 Å². The second-order valence-electron chi connectivity index (χ2n) is 5.33. The fraction of sp³-hybridized carbons (Fsp3) is 0.647. The number of benzene rings is 1. The Kier molecular flexibility index (Phi) is 5.87. The molecule has 3 rings (SSSR count). The molecule has 0 aromatic heterocycles. The largest absolute Gasteiger partial charge is 0.376 e. The number of hydrogen-bond acceptors (Lipinski definition) is 2. The number of hydrogen-bond donors (Lipinski definition) is 0. The van der Waals surface area contributed by atoms with E-state index in [1.54, 1.807) is 5.56 Å². The van der Waals surface area contributed by atoms with Gasteiger partial charge in [-0.1, -0.05) is 51.3 Å². The molecule has 1 saturated heterocycles. The van der Waals surface area contributed by atoms with Gasteiger partial charge in [-0.15, -0.1) is 0 Å². The van der Waals surface area contributed by atoms with Gasteiger partial charge in [-0.05, 0) is 28.8 Å². The molecule has 2 aliphatic carbocycles. The first-order valence-corrected chi connectivity index (χ1v) is 7.67. The Morgan fingerprint density at radius 2 is 2.05 bits per heavy atom. The summed E-state index contributed by atoms with van der Waals surface area (Å²) in [5.41, 5.74) is 1.56. The van der Waals surface area contributed by atoms with E-state index >= 15 is 0 Å². The molecule has 0 radical (unpaired) electrons. The monoisotopic (exact) mass is 262 g/mol. The standard InChI is InChI=1S/C9H10.C8H16O2/c1-2-3-7-6-8-4-5-9(7)8;1-2-3-4-8-7-9-5-6-10-8/h4-6H,2-3H2,1H3;8H,2-7H2,1H3. The zero-order valence-corrected chi connectivity index (χ0v) is 12.3. The van der Waals surface area contributed by atoms with Gasteiger partial charge in [0.2, 0.25) is 0 Å². The third-order valence-electron chi connectivity index (χ3n) is 3.70. The van der Waals surface area contributed by atoms with Crippen LogP contribution in [-0.2, 0) is 15.9 Å². The van der Waals surface area contributed by atoms with Gasteiger partial charge in [0.05, 0.1) is 25.9 Å². The van der Waals surface area contributed by atoms with E-state index in [9.17, 15) is 0 Å². The van der Waals surface area contributed by atoms with Crippen molar-refractivity contribution in [2.45, 2.75) is 52.1 Å². The Labute approximate surface area is 116 Å². The highest BCUT2D eigenvalue weighted by Crippen LogP contribution is 2.16. The van der Waals surface area contributed by atoms with Crippen molar-refractivity contribution < 1.29 is 9.47 Å². The summed E-state index contributed by atoms with van der Waals surface area (Å²) in [5.74, 6) is 0. The zero-order valence-electron chi connectivity index (χ0n) is 12.3. The van der Waals surface area contributed by atoms with Crippen molar-refractivity contribution >= 4 is 0 Å². The molecule has 0 spiro atoms. The molecule has 19 heavy (non-hydrogen) atoms. The van der Waals surface area contributed by atoms with Crippen molar-refractivity contribution in [2.75, 3.05) is 19.8 Å². The maximum absolute atomic E-state index is 5.46. The number of aryl methyl sites for hydroxylation is 1. The maximum atomic E-state index is 5.46. The van der Waals surface area contributed by atoms with E-state index in [4.69, 9.17) is 9.47 Å². The minimum absolute atomic E-state index is 0.383. The van der Waals surface area contributed by atoms with Crippen LogP contribution in [0.25, 0.3) is 0 Å². The van der Waals surface area contributed by atoms with E-state index in [1.165, 1.54) is 36.1 Å². The van der Waals surface area contributed by atoms with E-state index in [1.807, 2.05) is 0 Å². The molecule has 1 aliphatic heterocycles. The lowest BCUT2D eigenvalue weighted by atomic mass is 9.96. The van der Waals surface area contributed by atoms with Crippen LogP contribution in [0.3, 0.4) is 0 Å². The van der Waals surface area contributed by atoms with Crippen LogP contribution in [-0.4, -0.2) is 25.9 Å². The van der Waals surface area contributed by atoms with Gasteiger partial charge in [0.1, 0.15) is 0 Å². The number of unbranched alkanes of at least 4 members (excludes halogenated alkanes) is 1. The second-order valence-corrected chi connectivity index (χ2v) is 5.33. The summed E-state index contributed by atoms with van der Waals surface area (Å²) in [6.45, 7) is 6.79. The summed E-state index contributed by atoms with van der Waals surface area (Å²) in [6.07, 6.45) is 6.60. The predicted octanol–water partition coefficient (Wildman–Crippen LogP) is 3.83. The Hall–Kier alpha value is -0.860. The van der Waals surface area contributed by atoms with Crippen LogP contribution in [0.2, 0.25) is 0 Å². The molecular formula is C17H26O2. The SMILES string of the molecule is CCCCC1COCCO1.CCCc1cc2ccc1=2. The van der Waals surface area contributed by atoms with Gasteiger partial charge in [-0.3, -0.25) is 0 Å². The maximum Gasteiger partial charge on any atom is 0.0809 e. The average Bonchev–Trinajstić information content (AvgIpc) is 2.44. The van der Waals surface area contributed by atoms with E-state index in [0.29, 0.717) is 6.10 Å². The van der Waals surface area contributed by atoms with Gasteiger partial charge in [0.25, 0.3) is 0 Å². The fourth-order valence-electron chi connectivity index (χ4n) is 2.48. The first kappa shape index (κ1) is 14.5. The van der Waals surface area contributed by atoms with Gasteiger partial charge in [-0.2, -0.15) is 0 Å². The van der Waals surface area contributed by atoms with E-state index in [-0.39, 0.29) is 0 Å². The quantitative estimate of drug-likeness (QED) is 0.815. The summed E-state index contributed by atoms with van der Waals surface area (Å²) in [7, 11) is 0. The predicted molar refractivity (Wildman–Crippen MR) is 78.2 cm³/mol. The van der Waals surface area contributed by atoms with Crippen molar-refractivity contribution in [1.82, 2.24) is 0 Å². The van der Waals surface area contributed by atoms with Crippen LogP contribution in [0.15, 0.2) is 18.2 Å². The van der Waals surface area contributed by atoms with Gasteiger partial charge in [0, 0.05) is 0 Å². The van der Waals surface area contributed by atoms with Crippen LogP contribution >= 0.6 is 0 Å². The summed E-state index contributed by atoms with van der Waals surface area (Å²) in [4.78, 5) is 0. The molecule has 1 atom stereocenters. The van der Waals surface area contributed by atoms with Crippen molar-refractivity contribution in [3.63, 3.8) is 0 Å². The van der Waals surface area contributed by atoms with Gasteiger partial charge >= 0.3 is 0 Å². The van der Waals surface area contributed by atoms with E-state index in [2.05, 4.69) is 32.0 Å². The van der Waals surface area contributed by atoms with Gasteiger partial charge in [-0.25, -0.2) is 0 Å². The van der Waals surface area contributed by atoms with Gasteiger partial charge in [0.15, 0.2) is 0 Å². The summed E-state index contributed by atoms with van der Waals surface area (Å²) < 4.78 is 10.7. The lowest BCUT2D eigenvalue weighted by Crippen LogP contribution is -2.28. The molecule has 0 aromatic rings. The fourth-order valence-corrected chi connectivity index (χ4v) is 2.48. The molecule has 3 aliphatic rings. The van der Waals surface area contributed by atoms with Crippen LogP contribution in [0.5, 0.6) is 0 Å². The van der Waals surface area contributed by atoms with E-state index < -0.39 is 0 Å². The first-order valence-electron chi connectivity index (χ1n) is 7.67. The van der Waals surface area contributed by atoms with Crippen molar-refractivity contribution in [1.29, 1.82) is 0 Å². The highest BCUT2D eigenvalue weighted by atomic mass is 16.6. The molecule has 1 unspecified atom stereocenters. The minimum Gasteiger partial charge on any atom is -0.376 e. The highest BCUT2D eigenvalue weighted by Gasteiger charge is 2.12. The summed E-state index contributed by atoms with van der Waals surface area (Å²) >= 11 is 0. The van der Waals surface area contributed by atoms with Crippen LogP contribution in [0, 0.1) is 10.4 Å². The van der Waals surface area contributed by atoms with Crippen molar-refractivity contribution in [3.05, 3.63) is 34.2 Å². The Balaban J connectivity index is 0.000000141. The molecule has 0 bridgehead atoms. The molecule has 106 valence electrons. The molecule has 0 aromatic carbocycles. The Morgan fingerprint density at radius 1 is 1.16 bits per heavy atom. The number of rotatable bonds is 5. The summed E-state index contributed by atoms with van der Waals surface area (Å²) in [5, 5.41) is 3.00. The summed E-state index contributed by atoms with van der Waals surface area (Å²) in [6, 6.07) is 6.67. The zero-order chi connectivity index (χ0) is 13.5. The molecule has 0 N–H and O–H groups in total. The average molecular weight is 262 g/mol.